The van der Waals surface area contributed by atoms with E-state index in [0.717, 1.165) is 0 Å². The molecule has 0 saturated carbocycles. The Kier molecular flexibility index (Phi) is 4.60. The van der Waals surface area contributed by atoms with Crippen LogP contribution in [0, 0.1) is 0 Å². The van der Waals surface area contributed by atoms with E-state index in [0.29, 0.717) is 5.56 Å². The summed E-state index contributed by atoms with van der Waals surface area (Å²) in [5.41, 5.74) is 8.46. The van der Waals surface area contributed by atoms with Crippen molar-refractivity contribution in [1.29, 1.82) is 0 Å². The quantitative estimate of drug-likeness (QED) is 0.464. The van der Waals surface area contributed by atoms with Gasteiger partial charge in [0.15, 0.2) is 0 Å². The first-order valence-electron chi connectivity index (χ1n) is 5.38. The number of nitrogens with two attached hydrogens (primary N) is 2. The van der Waals surface area contributed by atoms with Crippen LogP contribution in [0.25, 0.3) is 0 Å². The van der Waals surface area contributed by atoms with Crippen LogP contribution in [0.2, 0.25) is 0 Å². The number of carboxylic acid groups (broad SMARTS) is 1. The lowest BCUT2D eigenvalue weighted by atomic mass is 9.96. The monoisotopic (exact) mass is 266 g/mol. The highest BCUT2D eigenvalue weighted by molar-refractivity contribution is 6.07. The maximum absolute atomic E-state index is 11.7. The molecular weight excluding hydrogens is 252 g/mol. The van der Waals surface area contributed by atoms with Gasteiger partial charge in [0, 0.05) is 0 Å². The third kappa shape index (κ3) is 3.78. The Morgan fingerprint density at radius 1 is 1.21 bits per heavy atom. The Hall–Kier alpha value is -2.41. The summed E-state index contributed by atoms with van der Waals surface area (Å²) in [5.74, 6) is -3.87. The Morgan fingerprint density at radius 2 is 1.79 bits per heavy atom. The summed E-state index contributed by atoms with van der Waals surface area (Å²) in [4.78, 5) is 33.4. The fourth-order valence-corrected chi connectivity index (χ4v) is 1.36. The van der Waals surface area contributed by atoms with E-state index in [1.165, 1.54) is 0 Å². The summed E-state index contributed by atoms with van der Waals surface area (Å²) in [6.07, 6.45) is -0.823. The number of amides is 1. The zero-order chi connectivity index (χ0) is 14.5. The van der Waals surface area contributed by atoms with E-state index in [1.807, 2.05) is 0 Å². The highest BCUT2D eigenvalue weighted by Gasteiger charge is 2.45. The molecule has 0 aromatic heterocycles. The van der Waals surface area contributed by atoms with Gasteiger partial charge in [0.05, 0.1) is 6.42 Å². The van der Waals surface area contributed by atoms with Gasteiger partial charge < -0.3 is 21.3 Å². The molecule has 1 amide bonds. The van der Waals surface area contributed by atoms with E-state index in [4.69, 9.17) is 21.3 Å². The van der Waals surface area contributed by atoms with Crippen molar-refractivity contribution in [2.75, 3.05) is 0 Å². The molecule has 0 aliphatic carbocycles. The van der Waals surface area contributed by atoms with Crippen molar-refractivity contribution >= 4 is 17.8 Å². The number of primary amides is 1. The Balaban J connectivity index is 2.73. The van der Waals surface area contributed by atoms with Crippen molar-refractivity contribution in [3.05, 3.63) is 35.9 Å². The first kappa shape index (κ1) is 14.7. The van der Waals surface area contributed by atoms with Gasteiger partial charge in [-0.15, -0.1) is 0 Å². The van der Waals surface area contributed by atoms with E-state index in [1.54, 1.807) is 30.3 Å². The standard InChI is InChI=1S/C12H14N2O5/c13-9(15)6-12(14,10(16)17)11(18)19-7-8-4-2-1-3-5-8/h1-5H,6-7,14H2,(H2,13,15)(H,16,17)/t12-/m0/s1. The molecule has 1 aromatic carbocycles. The van der Waals surface area contributed by atoms with Crippen molar-refractivity contribution in [3.63, 3.8) is 0 Å². The maximum atomic E-state index is 11.7. The normalized spacial score (nSPS) is 13.3. The second-order valence-electron chi connectivity index (χ2n) is 3.98. The third-order valence-electron chi connectivity index (χ3n) is 2.41. The lowest BCUT2D eigenvalue weighted by Gasteiger charge is -2.21. The number of carboxylic acids is 1. The average Bonchev–Trinajstić information content (AvgIpc) is 2.36. The zero-order valence-corrected chi connectivity index (χ0v) is 10.0. The molecule has 0 saturated heterocycles. The number of esters is 1. The van der Waals surface area contributed by atoms with Crippen molar-refractivity contribution in [1.82, 2.24) is 0 Å². The number of carbonyl (C=O) groups excluding carboxylic acids is 2. The van der Waals surface area contributed by atoms with Gasteiger partial charge >= 0.3 is 11.9 Å². The summed E-state index contributed by atoms with van der Waals surface area (Å²) < 4.78 is 4.80. The molecule has 0 spiro atoms. The Labute approximate surface area is 109 Å². The van der Waals surface area contributed by atoms with Crippen LogP contribution in [-0.2, 0) is 25.7 Å². The molecule has 0 fully saturated rings. The average molecular weight is 266 g/mol. The molecule has 19 heavy (non-hydrogen) atoms. The second-order valence-corrected chi connectivity index (χ2v) is 3.98. The summed E-state index contributed by atoms with van der Waals surface area (Å²) in [5, 5.41) is 8.92. The topological polar surface area (TPSA) is 133 Å². The van der Waals surface area contributed by atoms with Crippen molar-refractivity contribution in [2.24, 2.45) is 11.5 Å². The van der Waals surface area contributed by atoms with E-state index in [2.05, 4.69) is 0 Å². The van der Waals surface area contributed by atoms with Crippen LogP contribution in [0.1, 0.15) is 12.0 Å². The largest absolute Gasteiger partial charge is 0.479 e. The van der Waals surface area contributed by atoms with E-state index in [9.17, 15) is 14.4 Å². The van der Waals surface area contributed by atoms with Gasteiger partial charge in [-0.2, -0.15) is 0 Å². The minimum absolute atomic E-state index is 0.134. The molecular formula is C12H14N2O5. The maximum Gasteiger partial charge on any atom is 0.338 e. The first-order valence-corrected chi connectivity index (χ1v) is 5.38. The number of rotatable bonds is 6. The molecule has 0 heterocycles. The van der Waals surface area contributed by atoms with Crippen LogP contribution >= 0.6 is 0 Å². The fraction of sp³-hybridized carbons (Fsp3) is 0.250. The van der Waals surface area contributed by atoms with Gasteiger partial charge in [0.1, 0.15) is 6.61 Å². The highest BCUT2D eigenvalue weighted by Crippen LogP contribution is 2.11. The molecule has 0 bridgehead atoms. The summed E-state index contributed by atoms with van der Waals surface area (Å²) in [7, 11) is 0. The van der Waals surface area contributed by atoms with Crippen LogP contribution in [-0.4, -0.2) is 28.5 Å². The predicted molar refractivity (Wildman–Crippen MR) is 64.6 cm³/mol. The molecule has 0 radical (unpaired) electrons. The van der Waals surface area contributed by atoms with E-state index < -0.39 is 29.8 Å². The van der Waals surface area contributed by atoms with Crippen molar-refractivity contribution < 1.29 is 24.2 Å². The number of hydrogen-bond donors (Lipinski definition) is 3. The number of carbonyl (C=O) groups is 3. The molecule has 1 rings (SSSR count). The molecule has 0 aliphatic rings. The number of ether oxygens (including phenoxy) is 1. The van der Waals surface area contributed by atoms with Gasteiger partial charge in [0.2, 0.25) is 11.4 Å². The fourth-order valence-electron chi connectivity index (χ4n) is 1.36. The lowest BCUT2D eigenvalue weighted by Crippen LogP contribution is -2.57. The predicted octanol–water partition coefficient (Wildman–Crippen LogP) is -0.613. The minimum atomic E-state index is -2.46. The lowest BCUT2D eigenvalue weighted by molar-refractivity contribution is -0.163. The highest BCUT2D eigenvalue weighted by atomic mass is 16.5. The third-order valence-corrected chi connectivity index (χ3v) is 2.41. The van der Waals surface area contributed by atoms with Gasteiger partial charge in [-0.3, -0.25) is 4.79 Å². The van der Waals surface area contributed by atoms with Gasteiger partial charge in [-0.1, -0.05) is 30.3 Å². The van der Waals surface area contributed by atoms with Crippen molar-refractivity contribution in [3.8, 4) is 0 Å². The summed E-state index contributed by atoms with van der Waals surface area (Å²) >= 11 is 0. The molecule has 5 N–H and O–H groups in total. The zero-order valence-electron chi connectivity index (χ0n) is 10.0. The Morgan fingerprint density at radius 3 is 2.26 bits per heavy atom. The molecule has 0 aliphatic heterocycles. The molecule has 7 nitrogen and oxygen atoms in total. The smallest absolute Gasteiger partial charge is 0.338 e. The number of benzene rings is 1. The van der Waals surface area contributed by atoms with Crippen LogP contribution in [0.4, 0.5) is 0 Å². The van der Waals surface area contributed by atoms with Crippen LogP contribution in [0.3, 0.4) is 0 Å². The first-order chi connectivity index (χ1) is 8.86. The van der Waals surface area contributed by atoms with Gasteiger partial charge in [0.25, 0.3) is 0 Å². The summed E-state index contributed by atoms with van der Waals surface area (Å²) in [6.45, 7) is -0.134. The number of aliphatic carboxylic acids is 1. The Bertz CT molecular complexity index is 488. The van der Waals surface area contributed by atoms with Gasteiger partial charge in [-0.25, -0.2) is 9.59 Å². The SMILES string of the molecule is NC(=O)C[C@](N)(C(=O)O)C(=O)OCc1ccccc1. The van der Waals surface area contributed by atoms with E-state index >= 15 is 0 Å². The van der Waals surface area contributed by atoms with Gasteiger partial charge in [-0.05, 0) is 5.56 Å². The second kappa shape index (κ2) is 5.96. The molecule has 1 atom stereocenters. The summed E-state index contributed by atoms with van der Waals surface area (Å²) in [6, 6.07) is 8.64. The van der Waals surface area contributed by atoms with Crippen LogP contribution in [0.15, 0.2) is 30.3 Å². The van der Waals surface area contributed by atoms with E-state index in [-0.39, 0.29) is 6.61 Å². The molecule has 102 valence electrons. The van der Waals surface area contributed by atoms with Crippen molar-refractivity contribution in [2.45, 2.75) is 18.6 Å². The van der Waals surface area contributed by atoms with Crippen LogP contribution < -0.4 is 11.5 Å². The molecule has 7 heteroatoms. The molecule has 0 unspecified atom stereocenters. The number of hydrogen-bond acceptors (Lipinski definition) is 5. The van der Waals surface area contributed by atoms with Crippen LogP contribution in [0.5, 0.6) is 0 Å². The molecule has 1 aromatic rings. The minimum Gasteiger partial charge on any atom is -0.479 e.